The smallest absolute Gasteiger partial charge is 0.123 e. The van der Waals surface area contributed by atoms with Crippen molar-refractivity contribution in [1.82, 2.24) is 10.2 Å². The number of piperazine rings is 1. The number of nitrogens with one attached hydrogen (secondary N) is 1. The van der Waals surface area contributed by atoms with E-state index in [2.05, 4.69) is 45.4 Å². The van der Waals surface area contributed by atoms with E-state index >= 15 is 0 Å². The number of morpholine rings is 1. The third-order valence-electron chi connectivity index (χ3n) is 3.75. The number of anilines is 1. The molecule has 4 nitrogen and oxygen atoms in total. The highest BCUT2D eigenvalue weighted by molar-refractivity contribution is 5.46. The molecule has 0 saturated carbocycles. The molecule has 1 aromatic rings. The molecule has 1 aromatic carbocycles. The molecule has 0 amide bonds. The third-order valence-corrected chi connectivity index (χ3v) is 3.75. The zero-order chi connectivity index (χ0) is 12.2. The van der Waals surface area contributed by atoms with Crippen molar-refractivity contribution in [1.29, 1.82) is 0 Å². The maximum atomic E-state index is 5.80. The molecule has 2 fully saturated rings. The number of nitrogens with zero attached hydrogens (tertiary/aromatic N) is 2. The second-order valence-corrected chi connectivity index (χ2v) is 4.89. The number of para-hydroxylation sites is 1. The van der Waals surface area contributed by atoms with Gasteiger partial charge in [0.25, 0.3) is 0 Å². The molecule has 2 aliphatic rings. The minimum atomic E-state index is 0.275. The molecule has 98 valence electrons. The summed E-state index contributed by atoms with van der Waals surface area (Å²) in [5.74, 6) is 0. The number of ether oxygens (including phenoxy) is 1. The second kappa shape index (κ2) is 5.69. The van der Waals surface area contributed by atoms with Crippen molar-refractivity contribution in [3.8, 4) is 0 Å². The molecule has 2 heterocycles. The van der Waals surface area contributed by atoms with Crippen LogP contribution in [0.4, 0.5) is 5.69 Å². The van der Waals surface area contributed by atoms with Crippen molar-refractivity contribution in [2.75, 3.05) is 50.8 Å². The minimum Gasteiger partial charge on any atom is -0.369 e. The fraction of sp³-hybridized carbons (Fsp3) is 0.571. The molecular weight excluding hydrogens is 226 g/mol. The zero-order valence-electron chi connectivity index (χ0n) is 10.7. The highest BCUT2D eigenvalue weighted by atomic mass is 16.5. The van der Waals surface area contributed by atoms with Crippen molar-refractivity contribution < 1.29 is 4.74 Å². The molecule has 1 unspecified atom stereocenters. The van der Waals surface area contributed by atoms with Gasteiger partial charge in [-0.1, -0.05) is 18.2 Å². The fourth-order valence-corrected chi connectivity index (χ4v) is 2.69. The van der Waals surface area contributed by atoms with Crippen molar-refractivity contribution in [3.05, 3.63) is 30.3 Å². The van der Waals surface area contributed by atoms with E-state index < -0.39 is 0 Å². The summed E-state index contributed by atoms with van der Waals surface area (Å²) in [6.07, 6.45) is 0.275. The van der Waals surface area contributed by atoms with Gasteiger partial charge in [0, 0.05) is 45.0 Å². The van der Waals surface area contributed by atoms with Crippen LogP contribution in [-0.2, 0) is 4.74 Å². The second-order valence-electron chi connectivity index (χ2n) is 4.89. The first-order chi connectivity index (χ1) is 8.93. The van der Waals surface area contributed by atoms with E-state index in [0.717, 1.165) is 45.9 Å². The Labute approximate surface area is 109 Å². The van der Waals surface area contributed by atoms with Gasteiger partial charge in [-0.05, 0) is 12.1 Å². The number of rotatable bonds is 2. The van der Waals surface area contributed by atoms with Gasteiger partial charge in [0.15, 0.2) is 0 Å². The molecule has 0 aliphatic carbocycles. The van der Waals surface area contributed by atoms with Gasteiger partial charge in [-0.3, -0.25) is 4.90 Å². The molecule has 0 radical (unpaired) electrons. The van der Waals surface area contributed by atoms with E-state index in [-0.39, 0.29) is 6.23 Å². The molecule has 0 bridgehead atoms. The van der Waals surface area contributed by atoms with Gasteiger partial charge in [0.2, 0.25) is 0 Å². The normalized spacial score (nSPS) is 26.2. The lowest BCUT2D eigenvalue weighted by Crippen LogP contribution is -2.56. The maximum Gasteiger partial charge on any atom is 0.123 e. The van der Waals surface area contributed by atoms with Crippen LogP contribution in [0, 0.1) is 0 Å². The van der Waals surface area contributed by atoms with E-state index in [9.17, 15) is 0 Å². The highest BCUT2D eigenvalue weighted by Gasteiger charge is 2.25. The summed E-state index contributed by atoms with van der Waals surface area (Å²) in [6.45, 7) is 7.13. The molecule has 4 heteroatoms. The molecular formula is C14H21N3O. The van der Waals surface area contributed by atoms with Gasteiger partial charge >= 0.3 is 0 Å². The summed E-state index contributed by atoms with van der Waals surface area (Å²) in [5, 5.41) is 3.39. The monoisotopic (exact) mass is 247 g/mol. The first-order valence-corrected chi connectivity index (χ1v) is 6.80. The first-order valence-electron chi connectivity index (χ1n) is 6.80. The Morgan fingerprint density at radius 2 is 1.83 bits per heavy atom. The van der Waals surface area contributed by atoms with Crippen LogP contribution in [0.3, 0.4) is 0 Å². The van der Waals surface area contributed by atoms with Crippen LogP contribution in [0.1, 0.15) is 0 Å². The van der Waals surface area contributed by atoms with Crippen LogP contribution in [0.25, 0.3) is 0 Å². The Bertz CT molecular complexity index is 357. The van der Waals surface area contributed by atoms with Crippen molar-refractivity contribution >= 4 is 5.69 Å². The van der Waals surface area contributed by atoms with Crippen LogP contribution in [0.5, 0.6) is 0 Å². The Balaban J connectivity index is 1.54. The number of hydrogen-bond donors (Lipinski definition) is 1. The molecule has 2 aliphatic heterocycles. The Morgan fingerprint density at radius 3 is 2.50 bits per heavy atom. The Kier molecular flexibility index (Phi) is 3.78. The van der Waals surface area contributed by atoms with Gasteiger partial charge in [-0.25, -0.2) is 0 Å². The number of hydrogen-bond acceptors (Lipinski definition) is 4. The van der Waals surface area contributed by atoms with Gasteiger partial charge in [0.1, 0.15) is 6.23 Å². The van der Waals surface area contributed by atoms with E-state index in [1.807, 2.05) is 0 Å². The highest BCUT2D eigenvalue weighted by Crippen LogP contribution is 2.17. The summed E-state index contributed by atoms with van der Waals surface area (Å²) < 4.78 is 5.80. The lowest BCUT2D eigenvalue weighted by Gasteiger charge is -2.41. The minimum absolute atomic E-state index is 0.275. The van der Waals surface area contributed by atoms with Crippen LogP contribution in [-0.4, -0.2) is 57.0 Å². The maximum absolute atomic E-state index is 5.80. The molecule has 0 spiro atoms. The van der Waals surface area contributed by atoms with Gasteiger partial charge in [-0.15, -0.1) is 0 Å². The predicted molar refractivity (Wildman–Crippen MR) is 72.8 cm³/mol. The topological polar surface area (TPSA) is 27.7 Å². The SMILES string of the molecule is c1ccc(N2CCN(C3CNCCO3)CC2)cc1. The van der Waals surface area contributed by atoms with Crippen LogP contribution < -0.4 is 10.2 Å². The van der Waals surface area contributed by atoms with Crippen LogP contribution in [0.2, 0.25) is 0 Å². The molecule has 2 saturated heterocycles. The lowest BCUT2D eigenvalue weighted by atomic mass is 10.2. The van der Waals surface area contributed by atoms with Crippen molar-refractivity contribution in [2.45, 2.75) is 6.23 Å². The lowest BCUT2D eigenvalue weighted by molar-refractivity contribution is -0.0768. The van der Waals surface area contributed by atoms with Crippen LogP contribution in [0.15, 0.2) is 30.3 Å². The Morgan fingerprint density at radius 1 is 1.06 bits per heavy atom. The van der Waals surface area contributed by atoms with Gasteiger partial charge in [-0.2, -0.15) is 0 Å². The summed E-state index contributed by atoms with van der Waals surface area (Å²) in [4.78, 5) is 4.90. The summed E-state index contributed by atoms with van der Waals surface area (Å²) >= 11 is 0. The molecule has 0 aromatic heterocycles. The molecule has 3 rings (SSSR count). The average Bonchev–Trinajstić information content (AvgIpc) is 2.49. The summed E-state index contributed by atoms with van der Waals surface area (Å²) in [7, 11) is 0. The first kappa shape index (κ1) is 12.0. The summed E-state index contributed by atoms with van der Waals surface area (Å²) in [5.41, 5.74) is 1.33. The zero-order valence-corrected chi connectivity index (χ0v) is 10.7. The van der Waals surface area contributed by atoms with E-state index in [1.165, 1.54) is 5.69 Å². The molecule has 1 N–H and O–H groups in total. The predicted octanol–water partition coefficient (Wildman–Crippen LogP) is 0.754. The van der Waals surface area contributed by atoms with E-state index in [1.54, 1.807) is 0 Å². The number of benzene rings is 1. The van der Waals surface area contributed by atoms with Crippen molar-refractivity contribution in [2.24, 2.45) is 0 Å². The quantitative estimate of drug-likeness (QED) is 0.835. The van der Waals surface area contributed by atoms with Crippen molar-refractivity contribution in [3.63, 3.8) is 0 Å². The molecule has 1 atom stereocenters. The van der Waals surface area contributed by atoms with Gasteiger partial charge in [0.05, 0.1) is 6.61 Å². The van der Waals surface area contributed by atoms with Crippen LogP contribution >= 0.6 is 0 Å². The van der Waals surface area contributed by atoms with E-state index in [4.69, 9.17) is 4.74 Å². The molecule has 18 heavy (non-hydrogen) atoms. The average molecular weight is 247 g/mol. The third kappa shape index (κ3) is 2.66. The largest absolute Gasteiger partial charge is 0.369 e. The summed E-state index contributed by atoms with van der Waals surface area (Å²) in [6, 6.07) is 10.7. The fourth-order valence-electron chi connectivity index (χ4n) is 2.69. The Hall–Kier alpha value is -1.10. The standard InChI is InChI=1S/C14H21N3O/c1-2-4-13(5-3-1)16-7-9-17(10-8-16)14-12-15-6-11-18-14/h1-5,14-15H,6-12H2. The van der Waals surface area contributed by atoms with Gasteiger partial charge < -0.3 is 15.0 Å². The van der Waals surface area contributed by atoms with E-state index in [0.29, 0.717) is 0 Å².